The van der Waals surface area contributed by atoms with Crippen LogP contribution >= 0.6 is 0 Å². The Labute approximate surface area is 116 Å². The predicted molar refractivity (Wildman–Crippen MR) is 50.6 cm³/mol. The van der Waals surface area contributed by atoms with E-state index in [1.54, 1.807) is 13.8 Å². The Morgan fingerprint density at radius 1 is 1.44 bits per heavy atom. The molecule has 1 aromatic heterocycles. The van der Waals surface area contributed by atoms with Gasteiger partial charge in [-0.1, -0.05) is 0 Å². The van der Waals surface area contributed by atoms with Crippen molar-refractivity contribution < 1.29 is 51.7 Å². The molecule has 1 aromatic rings. The summed E-state index contributed by atoms with van der Waals surface area (Å²) in [5.41, 5.74) is 0. The third-order valence-corrected chi connectivity index (χ3v) is 2.32. The van der Waals surface area contributed by atoms with Crippen LogP contribution in [0.1, 0.15) is 19.6 Å². The van der Waals surface area contributed by atoms with Crippen molar-refractivity contribution in [3.8, 4) is 0 Å². The molecule has 0 fully saturated rings. The van der Waals surface area contributed by atoms with Crippen LogP contribution in [0.3, 0.4) is 0 Å². The normalized spacial score (nSPS) is 12.6. The fourth-order valence-corrected chi connectivity index (χ4v) is 1.25. The molecule has 1 rings (SSSR count). The molecular weight excluding hydrogens is 245 g/mol. The van der Waals surface area contributed by atoms with Gasteiger partial charge in [-0.05, 0) is 26.0 Å². The van der Waals surface area contributed by atoms with E-state index in [1.807, 2.05) is 0 Å². The average molecular weight is 255 g/mol. The molecule has 84 valence electrons. The van der Waals surface area contributed by atoms with Crippen molar-refractivity contribution >= 4 is 16.3 Å². The number of hydrogen-bond donors (Lipinski definition) is 0. The van der Waals surface area contributed by atoms with Gasteiger partial charge in [-0.25, -0.2) is 13.2 Å². The molecule has 0 radical (unpaired) electrons. The monoisotopic (exact) mass is 255 g/mol. The third-order valence-electron chi connectivity index (χ3n) is 1.61. The van der Waals surface area contributed by atoms with Crippen molar-refractivity contribution in [2.24, 2.45) is 0 Å². The molecule has 0 saturated carbocycles. The van der Waals surface area contributed by atoms with E-state index >= 15 is 0 Å². The molecule has 16 heavy (non-hydrogen) atoms. The molecule has 0 N–H and O–H groups in total. The molecule has 0 bridgehead atoms. The SMILES string of the molecule is CC(C)[N+]([O-])=Cc1ccc(S(=O)(=O)[O-])o1.[Na+]. The van der Waals surface area contributed by atoms with Crippen LogP contribution in [-0.2, 0) is 10.1 Å². The van der Waals surface area contributed by atoms with Crippen molar-refractivity contribution in [3.63, 3.8) is 0 Å². The number of hydrogen-bond acceptors (Lipinski definition) is 5. The Balaban J connectivity index is 0.00000225. The summed E-state index contributed by atoms with van der Waals surface area (Å²) in [6.07, 6.45) is 1.08. The standard InChI is InChI=1S/C8H11NO5S.Na/c1-6(2)9(10)5-7-3-4-8(14-7)15(11,12)13;/h3-6H,1-2H3,(H,11,12,13);/q;+1/p-1. The second-order valence-corrected chi connectivity index (χ2v) is 4.50. The second-order valence-electron chi connectivity index (χ2n) is 3.19. The first-order chi connectivity index (χ1) is 6.80. The fourth-order valence-electron chi connectivity index (χ4n) is 0.813. The molecule has 6 nitrogen and oxygen atoms in total. The molecule has 0 saturated heterocycles. The van der Waals surface area contributed by atoms with Crippen molar-refractivity contribution in [1.82, 2.24) is 0 Å². The van der Waals surface area contributed by atoms with Gasteiger partial charge >= 0.3 is 29.6 Å². The Morgan fingerprint density at radius 2 is 2.00 bits per heavy atom. The number of rotatable bonds is 3. The van der Waals surface area contributed by atoms with Gasteiger partial charge in [-0.15, -0.1) is 0 Å². The van der Waals surface area contributed by atoms with E-state index in [2.05, 4.69) is 4.42 Å². The topological polar surface area (TPSA) is 96.4 Å². The van der Waals surface area contributed by atoms with Crippen molar-refractivity contribution in [1.29, 1.82) is 0 Å². The summed E-state index contributed by atoms with van der Waals surface area (Å²) in [5, 5.41) is 10.5. The molecule has 0 atom stereocenters. The zero-order chi connectivity index (χ0) is 11.6. The Bertz CT molecular complexity index is 476. The van der Waals surface area contributed by atoms with Crippen LogP contribution in [0.25, 0.3) is 0 Å². The third kappa shape index (κ3) is 4.26. The van der Waals surface area contributed by atoms with Gasteiger partial charge in [0, 0.05) is 0 Å². The van der Waals surface area contributed by atoms with Crippen LogP contribution in [0.4, 0.5) is 0 Å². The quantitative estimate of drug-likeness (QED) is 0.149. The summed E-state index contributed by atoms with van der Waals surface area (Å²) < 4.78 is 36.8. The summed E-state index contributed by atoms with van der Waals surface area (Å²) in [5.74, 6) is 0.0353. The van der Waals surface area contributed by atoms with E-state index in [-0.39, 0.29) is 41.4 Å². The number of hydroxylamine groups is 1. The van der Waals surface area contributed by atoms with Gasteiger partial charge in [0.25, 0.3) is 0 Å². The fraction of sp³-hybridized carbons (Fsp3) is 0.375. The van der Waals surface area contributed by atoms with Gasteiger partial charge in [0.2, 0.25) is 11.3 Å². The number of furan rings is 1. The molecule has 0 aliphatic carbocycles. The van der Waals surface area contributed by atoms with E-state index < -0.39 is 15.2 Å². The summed E-state index contributed by atoms with van der Waals surface area (Å²) in [6, 6.07) is 1.97. The average Bonchev–Trinajstić information content (AvgIpc) is 2.51. The Morgan fingerprint density at radius 3 is 2.38 bits per heavy atom. The van der Waals surface area contributed by atoms with Gasteiger partial charge in [0.1, 0.15) is 0 Å². The van der Waals surface area contributed by atoms with Crippen LogP contribution < -0.4 is 29.6 Å². The van der Waals surface area contributed by atoms with Gasteiger partial charge in [-0.2, -0.15) is 0 Å². The van der Waals surface area contributed by atoms with Crippen LogP contribution in [0.5, 0.6) is 0 Å². The summed E-state index contributed by atoms with van der Waals surface area (Å²) in [7, 11) is -4.60. The van der Waals surface area contributed by atoms with Crippen molar-refractivity contribution in [3.05, 3.63) is 23.1 Å². The van der Waals surface area contributed by atoms with Gasteiger partial charge < -0.3 is 14.2 Å². The van der Waals surface area contributed by atoms with Gasteiger partial charge in [0.05, 0.1) is 0 Å². The molecule has 1 heterocycles. The summed E-state index contributed by atoms with van der Waals surface area (Å²) in [6.45, 7) is 3.33. The van der Waals surface area contributed by atoms with Crippen LogP contribution in [-0.4, -0.2) is 30.0 Å². The summed E-state index contributed by atoms with van der Waals surface area (Å²) >= 11 is 0. The van der Waals surface area contributed by atoms with Crippen LogP contribution in [0, 0.1) is 5.21 Å². The first-order valence-electron chi connectivity index (χ1n) is 4.17. The smallest absolute Gasteiger partial charge is 0.742 e. The van der Waals surface area contributed by atoms with Gasteiger partial charge in [0.15, 0.2) is 21.9 Å². The largest absolute Gasteiger partial charge is 1.00 e. The predicted octanol–water partition coefficient (Wildman–Crippen LogP) is -2.47. The molecule has 0 unspecified atom stereocenters. The van der Waals surface area contributed by atoms with E-state index in [0.29, 0.717) is 4.74 Å². The summed E-state index contributed by atoms with van der Waals surface area (Å²) in [4.78, 5) is 0. The molecular formula is C8H10NNaO5S. The molecule has 0 aliphatic rings. The molecule has 0 spiro atoms. The second kappa shape index (κ2) is 5.83. The van der Waals surface area contributed by atoms with E-state index in [4.69, 9.17) is 0 Å². The zero-order valence-corrected chi connectivity index (χ0v) is 12.0. The number of nitrogens with zero attached hydrogens (tertiary/aromatic N) is 1. The maximum absolute atomic E-state index is 11.1. The minimum atomic E-state index is -4.60. The van der Waals surface area contributed by atoms with E-state index in [9.17, 15) is 18.2 Å². The van der Waals surface area contributed by atoms with Crippen molar-refractivity contribution in [2.45, 2.75) is 25.0 Å². The maximum atomic E-state index is 11.1. The van der Waals surface area contributed by atoms with E-state index in [1.165, 1.54) is 6.07 Å². The molecule has 0 aliphatic heterocycles. The minimum absolute atomic E-state index is 0. The minimum Gasteiger partial charge on any atom is -0.742 e. The first kappa shape index (κ1) is 15.7. The maximum Gasteiger partial charge on any atom is 1.00 e. The molecule has 0 aromatic carbocycles. The Hall–Kier alpha value is -0.340. The van der Waals surface area contributed by atoms with Crippen molar-refractivity contribution in [2.75, 3.05) is 0 Å². The van der Waals surface area contributed by atoms with Crippen LogP contribution in [0.2, 0.25) is 0 Å². The first-order valence-corrected chi connectivity index (χ1v) is 5.57. The van der Waals surface area contributed by atoms with E-state index in [0.717, 1.165) is 12.3 Å². The zero-order valence-electron chi connectivity index (χ0n) is 9.21. The Kier molecular flexibility index (Phi) is 5.71. The molecule has 8 heteroatoms. The van der Waals surface area contributed by atoms with Crippen LogP contribution in [0.15, 0.2) is 21.6 Å². The van der Waals surface area contributed by atoms with Gasteiger partial charge in [-0.3, -0.25) is 0 Å². The molecule has 0 amide bonds.